The SMILES string of the molecule is CC=CC(=CC)COC(=O)C1CCCN1C(=O)CCCCC(=O)N1CCCC1C(=O)OCc1ccccc1. The van der Waals surface area contributed by atoms with Crippen LogP contribution < -0.4 is 0 Å². The van der Waals surface area contributed by atoms with E-state index >= 15 is 0 Å². The number of ether oxygens (including phenoxy) is 2. The van der Waals surface area contributed by atoms with E-state index in [4.69, 9.17) is 9.47 Å². The van der Waals surface area contributed by atoms with Crippen LogP contribution in [-0.4, -0.2) is 65.3 Å². The molecule has 206 valence electrons. The molecule has 8 heteroatoms. The lowest BCUT2D eigenvalue weighted by molar-refractivity contribution is -0.154. The van der Waals surface area contributed by atoms with Gasteiger partial charge in [0.25, 0.3) is 0 Å². The fourth-order valence-corrected chi connectivity index (χ4v) is 4.98. The number of allylic oxidation sites excluding steroid dienone is 2. The van der Waals surface area contributed by atoms with E-state index in [1.807, 2.05) is 62.4 Å². The highest BCUT2D eigenvalue weighted by Crippen LogP contribution is 2.23. The van der Waals surface area contributed by atoms with Gasteiger partial charge in [-0.3, -0.25) is 9.59 Å². The van der Waals surface area contributed by atoms with Gasteiger partial charge in [0.15, 0.2) is 0 Å². The molecule has 0 N–H and O–H groups in total. The molecule has 2 amide bonds. The summed E-state index contributed by atoms with van der Waals surface area (Å²) in [5.74, 6) is -0.900. The highest BCUT2D eigenvalue weighted by atomic mass is 16.5. The zero-order valence-electron chi connectivity index (χ0n) is 22.6. The largest absolute Gasteiger partial charge is 0.459 e. The van der Waals surface area contributed by atoms with Crippen molar-refractivity contribution in [2.24, 2.45) is 0 Å². The molecule has 2 aliphatic rings. The second kappa shape index (κ2) is 15.1. The highest BCUT2D eigenvalue weighted by molar-refractivity contribution is 5.86. The van der Waals surface area contributed by atoms with Crippen LogP contribution in [0.5, 0.6) is 0 Å². The summed E-state index contributed by atoms with van der Waals surface area (Å²) >= 11 is 0. The molecule has 2 atom stereocenters. The Morgan fingerprint density at radius 3 is 1.92 bits per heavy atom. The Kier molecular flexibility index (Phi) is 11.6. The number of hydrogen-bond donors (Lipinski definition) is 0. The summed E-state index contributed by atoms with van der Waals surface area (Å²) in [5.41, 5.74) is 1.82. The molecule has 38 heavy (non-hydrogen) atoms. The van der Waals surface area contributed by atoms with Gasteiger partial charge in [0.05, 0.1) is 0 Å². The monoisotopic (exact) mass is 524 g/mol. The number of hydrogen-bond acceptors (Lipinski definition) is 6. The van der Waals surface area contributed by atoms with E-state index in [2.05, 4.69) is 0 Å². The maximum absolute atomic E-state index is 12.8. The fraction of sp³-hybridized carbons (Fsp3) is 0.533. The quantitative estimate of drug-likeness (QED) is 0.229. The van der Waals surface area contributed by atoms with E-state index in [1.54, 1.807) is 9.80 Å². The van der Waals surface area contributed by atoms with Crippen LogP contribution in [-0.2, 0) is 35.3 Å². The number of rotatable bonds is 12. The standard InChI is InChI=1S/C30H40N2O6/c1-3-12-23(4-2)21-37-29(35)25-15-10-19-31(25)27(33)17-8-9-18-28(34)32-20-11-16-26(32)30(36)38-22-24-13-6-5-7-14-24/h3-7,12-14,25-26H,8-11,15-22H2,1-2H3. The summed E-state index contributed by atoms with van der Waals surface area (Å²) < 4.78 is 10.9. The predicted octanol–water partition coefficient (Wildman–Crippen LogP) is 4.34. The van der Waals surface area contributed by atoms with Gasteiger partial charge in [0, 0.05) is 25.9 Å². The summed E-state index contributed by atoms with van der Waals surface area (Å²) in [7, 11) is 0. The average Bonchev–Trinajstić information content (AvgIpc) is 3.63. The lowest BCUT2D eigenvalue weighted by atomic mass is 10.1. The van der Waals surface area contributed by atoms with Crippen LogP contribution in [0.4, 0.5) is 0 Å². The molecule has 0 spiro atoms. The van der Waals surface area contributed by atoms with Gasteiger partial charge in [0.1, 0.15) is 25.3 Å². The van der Waals surface area contributed by atoms with Crippen LogP contribution in [0.1, 0.15) is 70.8 Å². The third-order valence-electron chi connectivity index (χ3n) is 7.08. The van der Waals surface area contributed by atoms with E-state index in [0.717, 1.165) is 24.0 Å². The number of benzene rings is 1. The zero-order chi connectivity index (χ0) is 27.3. The molecule has 0 aromatic heterocycles. The van der Waals surface area contributed by atoms with Crippen molar-refractivity contribution in [2.75, 3.05) is 19.7 Å². The molecular weight excluding hydrogens is 484 g/mol. The summed E-state index contributed by atoms with van der Waals surface area (Å²) in [6.45, 7) is 5.27. The van der Waals surface area contributed by atoms with Crippen molar-refractivity contribution < 1.29 is 28.7 Å². The smallest absolute Gasteiger partial charge is 0.329 e. The molecule has 3 rings (SSSR count). The van der Waals surface area contributed by atoms with Gasteiger partial charge in [-0.1, -0.05) is 48.6 Å². The first kappa shape index (κ1) is 29.1. The molecule has 1 aromatic rings. The third kappa shape index (κ3) is 8.30. The maximum atomic E-state index is 12.8. The van der Waals surface area contributed by atoms with Crippen molar-refractivity contribution in [3.05, 3.63) is 59.7 Å². The average molecular weight is 525 g/mol. The summed E-state index contributed by atoms with van der Waals surface area (Å²) in [4.78, 5) is 54.1. The van der Waals surface area contributed by atoms with Gasteiger partial charge < -0.3 is 19.3 Å². The molecular formula is C30H40N2O6. The fourth-order valence-electron chi connectivity index (χ4n) is 4.98. The first-order chi connectivity index (χ1) is 18.4. The number of unbranched alkanes of at least 4 members (excludes halogenated alkanes) is 1. The van der Waals surface area contributed by atoms with Crippen LogP contribution in [0.3, 0.4) is 0 Å². The van der Waals surface area contributed by atoms with Gasteiger partial charge in [-0.05, 0) is 63.5 Å². The summed E-state index contributed by atoms with van der Waals surface area (Å²) in [5, 5.41) is 0. The molecule has 2 unspecified atom stereocenters. The third-order valence-corrected chi connectivity index (χ3v) is 7.08. The Balaban J connectivity index is 1.39. The number of likely N-dealkylation sites (tertiary alicyclic amines) is 2. The minimum atomic E-state index is -0.542. The van der Waals surface area contributed by atoms with Crippen LogP contribution in [0.25, 0.3) is 0 Å². The molecule has 2 heterocycles. The van der Waals surface area contributed by atoms with E-state index in [0.29, 0.717) is 38.8 Å². The van der Waals surface area contributed by atoms with Crippen molar-refractivity contribution in [3.63, 3.8) is 0 Å². The lowest BCUT2D eigenvalue weighted by Gasteiger charge is -2.24. The van der Waals surface area contributed by atoms with Crippen molar-refractivity contribution in [2.45, 2.75) is 83.9 Å². The molecule has 2 aliphatic heterocycles. The van der Waals surface area contributed by atoms with Gasteiger partial charge in [-0.25, -0.2) is 9.59 Å². The van der Waals surface area contributed by atoms with Gasteiger partial charge in [-0.2, -0.15) is 0 Å². The van der Waals surface area contributed by atoms with Crippen molar-refractivity contribution in [1.82, 2.24) is 9.80 Å². The second-order valence-electron chi connectivity index (χ2n) is 9.76. The Bertz CT molecular complexity index is 1020. The van der Waals surface area contributed by atoms with E-state index < -0.39 is 12.1 Å². The first-order valence-electron chi connectivity index (χ1n) is 13.7. The second-order valence-corrected chi connectivity index (χ2v) is 9.76. The number of carbonyl (C=O) groups excluding carboxylic acids is 4. The number of amides is 2. The molecule has 0 radical (unpaired) electrons. The van der Waals surface area contributed by atoms with Gasteiger partial charge in [-0.15, -0.1) is 0 Å². The Morgan fingerprint density at radius 2 is 1.39 bits per heavy atom. The molecule has 0 bridgehead atoms. The summed E-state index contributed by atoms with van der Waals surface area (Å²) in [6.07, 6.45) is 10.1. The summed E-state index contributed by atoms with van der Waals surface area (Å²) in [6, 6.07) is 8.39. The minimum absolute atomic E-state index is 0.0832. The van der Waals surface area contributed by atoms with Crippen molar-refractivity contribution in [3.8, 4) is 0 Å². The Hall–Kier alpha value is -3.42. The molecule has 1 aromatic carbocycles. The topological polar surface area (TPSA) is 93.2 Å². The van der Waals surface area contributed by atoms with E-state index in [1.165, 1.54) is 0 Å². The Labute approximate surface area is 225 Å². The number of carbonyl (C=O) groups is 4. The molecule has 2 fully saturated rings. The van der Waals surface area contributed by atoms with E-state index in [9.17, 15) is 19.2 Å². The predicted molar refractivity (Wildman–Crippen MR) is 144 cm³/mol. The van der Waals surface area contributed by atoms with Crippen molar-refractivity contribution >= 4 is 23.8 Å². The van der Waals surface area contributed by atoms with Crippen LogP contribution in [0.2, 0.25) is 0 Å². The van der Waals surface area contributed by atoms with Crippen LogP contribution >= 0.6 is 0 Å². The number of nitrogens with zero attached hydrogens (tertiary/aromatic N) is 2. The molecule has 2 saturated heterocycles. The zero-order valence-corrected chi connectivity index (χ0v) is 22.6. The van der Waals surface area contributed by atoms with E-state index in [-0.39, 0.29) is 49.8 Å². The normalized spacial score (nSPS) is 19.7. The molecule has 8 nitrogen and oxygen atoms in total. The highest BCUT2D eigenvalue weighted by Gasteiger charge is 2.36. The molecule has 0 saturated carbocycles. The van der Waals surface area contributed by atoms with Crippen molar-refractivity contribution in [1.29, 1.82) is 0 Å². The van der Waals surface area contributed by atoms with Gasteiger partial charge in [0.2, 0.25) is 11.8 Å². The first-order valence-corrected chi connectivity index (χ1v) is 13.7. The Morgan fingerprint density at radius 1 is 0.842 bits per heavy atom. The minimum Gasteiger partial charge on any atom is -0.459 e. The molecule has 0 aliphatic carbocycles. The van der Waals surface area contributed by atoms with Gasteiger partial charge >= 0.3 is 11.9 Å². The maximum Gasteiger partial charge on any atom is 0.329 e. The van der Waals surface area contributed by atoms with Crippen LogP contribution in [0, 0.1) is 0 Å². The lowest BCUT2D eigenvalue weighted by Crippen LogP contribution is -2.41. The van der Waals surface area contributed by atoms with Crippen LogP contribution in [0.15, 0.2) is 54.1 Å². The number of esters is 2.